The Labute approximate surface area is 106 Å². The van der Waals surface area contributed by atoms with Crippen LogP contribution in [0.3, 0.4) is 0 Å². The van der Waals surface area contributed by atoms with Crippen molar-refractivity contribution in [3.63, 3.8) is 0 Å². The minimum atomic E-state index is 0.472. The number of aromatic nitrogens is 2. The van der Waals surface area contributed by atoms with Crippen LogP contribution in [-0.2, 0) is 5.75 Å². The van der Waals surface area contributed by atoms with Gasteiger partial charge in [0.25, 0.3) is 0 Å². The largest absolute Gasteiger partial charge is 0.153 e. The van der Waals surface area contributed by atoms with Crippen molar-refractivity contribution in [3.8, 4) is 0 Å². The van der Waals surface area contributed by atoms with Gasteiger partial charge in [0.2, 0.25) is 0 Å². The highest BCUT2D eigenvalue weighted by Crippen LogP contribution is 2.33. The molecule has 1 saturated carbocycles. The highest BCUT2D eigenvalue weighted by Gasteiger charge is 2.19. The molecule has 0 aromatic carbocycles. The maximum atomic E-state index is 5.70. The normalized spacial score (nSPS) is 25.6. The molecule has 0 amide bonds. The molecule has 1 aromatic heterocycles. The first-order chi connectivity index (χ1) is 7.74. The summed E-state index contributed by atoms with van der Waals surface area (Å²) in [6, 6.07) is 3.78. The monoisotopic (exact) mass is 256 g/mol. The minimum Gasteiger partial charge on any atom is -0.153 e. The highest BCUT2D eigenvalue weighted by atomic mass is 35.5. The molecule has 0 saturated heterocycles. The lowest BCUT2D eigenvalue weighted by Gasteiger charge is -2.25. The minimum absolute atomic E-state index is 0.472. The molecular weight excluding hydrogens is 240 g/mol. The van der Waals surface area contributed by atoms with Gasteiger partial charge in [0, 0.05) is 11.0 Å². The van der Waals surface area contributed by atoms with Gasteiger partial charge in [0.15, 0.2) is 5.15 Å². The maximum absolute atomic E-state index is 5.70. The zero-order chi connectivity index (χ0) is 11.4. The molecule has 0 bridgehead atoms. The molecule has 1 aliphatic rings. The highest BCUT2D eigenvalue weighted by molar-refractivity contribution is 7.99. The van der Waals surface area contributed by atoms with Crippen LogP contribution in [0.15, 0.2) is 12.1 Å². The Morgan fingerprint density at radius 3 is 2.94 bits per heavy atom. The van der Waals surface area contributed by atoms with Crippen molar-refractivity contribution in [2.75, 3.05) is 0 Å². The second kappa shape index (κ2) is 5.87. The van der Waals surface area contributed by atoms with Gasteiger partial charge in [-0.05, 0) is 30.9 Å². The Morgan fingerprint density at radius 1 is 1.38 bits per heavy atom. The predicted molar refractivity (Wildman–Crippen MR) is 69.8 cm³/mol. The van der Waals surface area contributed by atoms with E-state index in [0.29, 0.717) is 5.15 Å². The van der Waals surface area contributed by atoms with Crippen LogP contribution in [0.4, 0.5) is 0 Å². The molecule has 1 aliphatic carbocycles. The summed E-state index contributed by atoms with van der Waals surface area (Å²) in [5.41, 5.74) is 1.03. The first kappa shape index (κ1) is 12.2. The summed E-state index contributed by atoms with van der Waals surface area (Å²) in [6.45, 7) is 2.36. The van der Waals surface area contributed by atoms with E-state index in [1.165, 1.54) is 25.7 Å². The molecule has 2 atom stereocenters. The van der Waals surface area contributed by atoms with Crippen LogP contribution >= 0.6 is 23.4 Å². The molecule has 16 heavy (non-hydrogen) atoms. The SMILES string of the molecule is CC1CCCC(SCc2ccc(Cl)nn2)C1. The molecule has 0 spiro atoms. The summed E-state index contributed by atoms with van der Waals surface area (Å²) in [6.07, 6.45) is 5.49. The van der Waals surface area contributed by atoms with Crippen LogP contribution < -0.4 is 0 Å². The Bertz CT molecular complexity index is 328. The van der Waals surface area contributed by atoms with E-state index in [9.17, 15) is 0 Å². The molecule has 1 aromatic rings. The zero-order valence-electron chi connectivity index (χ0n) is 9.53. The third-order valence-electron chi connectivity index (χ3n) is 3.04. The average Bonchev–Trinajstić information content (AvgIpc) is 2.28. The predicted octanol–water partition coefficient (Wildman–Crippen LogP) is 3.94. The summed E-state index contributed by atoms with van der Waals surface area (Å²) in [5.74, 6) is 1.85. The van der Waals surface area contributed by atoms with Crippen LogP contribution in [0.2, 0.25) is 5.15 Å². The molecule has 0 aliphatic heterocycles. The van der Waals surface area contributed by atoms with Crippen LogP contribution in [0.5, 0.6) is 0 Å². The number of rotatable bonds is 3. The van der Waals surface area contributed by atoms with Gasteiger partial charge in [-0.3, -0.25) is 0 Å². The van der Waals surface area contributed by atoms with Crippen molar-refractivity contribution in [2.45, 2.75) is 43.6 Å². The van der Waals surface area contributed by atoms with E-state index in [-0.39, 0.29) is 0 Å². The lowest BCUT2D eigenvalue weighted by molar-refractivity contribution is 0.394. The van der Waals surface area contributed by atoms with E-state index in [4.69, 9.17) is 11.6 Å². The van der Waals surface area contributed by atoms with E-state index < -0.39 is 0 Å². The fourth-order valence-electron chi connectivity index (χ4n) is 2.15. The molecule has 1 heterocycles. The quantitative estimate of drug-likeness (QED) is 0.819. The van der Waals surface area contributed by atoms with Gasteiger partial charge in [-0.2, -0.15) is 16.9 Å². The third-order valence-corrected chi connectivity index (χ3v) is 4.61. The van der Waals surface area contributed by atoms with E-state index in [0.717, 1.165) is 22.6 Å². The van der Waals surface area contributed by atoms with Gasteiger partial charge in [-0.15, -0.1) is 5.10 Å². The lowest BCUT2D eigenvalue weighted by atomic mass is 9.91. The molecule has 88 valence electrons. The second-order valence-corrected chi connectivity index (χ2v) is 6.23. The smallest absolute Gasteiger partial charge is 0.151 e. The molecular formula is C12H17ClN2S. The van der Waals surface area contributed by atoms with Crippen LogP contribution in [-0.4, -0.2) is 15.4 Å². The molecule has 0 radical (unpaired) electrons. The summed E-state index contributed by atoms with van der Waals surface area (Å²) in [7, 11) is 0. The standard InChI is InChI=1S/C12H17ClN2S/c1-9-3-2-4-11(7-9)16-8-10-5-6-12(13)15-14-10/h5-6,9,11H,2-4,7-8H2,1H3. The van der Waals surface area contributed by atoms with Gasteiger partial charge in [-0.25, -0.2) is 0 Å². The van der Waals surface area contributed by atoms with Gasteiger partial charge < -0.3 is 0 Å². The number of hydrogen-bond acceptors (Lipinski definition) is 3. The fraction of sp³-hybridized carbons (Fsp3) is 0.667. The Kier molecular flexibility index (Phi) is 4.47. The topological polar surface area (TPSA) is 25.8 Å². The molecule has 4 heteroatoms. The Hall–Kier alpha value is -0.280. The van der Waals surface area contributed by atoms with Crippen molar-refractivity contribution in [2.24, 2.45) is 5.92 Å². The van der Waals surface area contributed by atoms with E-state index in [2.05, 4.69) is 17.1 Å². The summed E-state index contributed by atoms with van der Waals surface area (Å²) < 4.78 is 0. The molecule has 2 unspecified atom stereocenters. The fourth-order valence-corrected chi connectivity index (χ4v) is 3.61. The van der Waals surface area contributed by atoms with Crippen LogP contribution in [0.25, 0.3) is 0 Å². The maximum Gasteiger partial charge on any atom is 0.151 e. The van der Waals surface area contributed by atoms with E-state index in [1.54, 1.807) is 0 Å². The summed E-state index contributed by atoms with van der Waals surface area (Å²) in [5, 5.41) is 9.22. The zero-order valence-corrected chi connectivity index (χ0v) is 11.1. The van der Waals surface area contributed by atoms with Crippen molar-refractivity contribution in [1.82, 2.24) is 10.2 Å². The number of halogens is 1. The molecule has 2 nitrogen and oxygen atoms in total. The van der Waals surface area contributed by atoms with Crippen molar-refractivity contribution < 1.29 is 0 Å². The van der Waals surface area contributed by atoms with Gasteiger partial charge >= 0.3 is 0 Å². The summed E-state index contributed by atoms with van der Waals surface area (Å²) in [4.78, 5) is 0. The van der Waals surface area contributed by atoms with Crippen molar-refractivity contribution in [1.29, 1.82) is 0 Å². The third kappa shape index (κ3) is 3.63. The molecule has 1 fully saturated rings. The molecule has 0 N–H and O–H groups in total. The van der Waals surface area contributed by atoms with Gasteiger partial charge in [0.05, 0.1) is 5.69 Å². The lowest BCUT2D eigenvalue weighted by Crippen LogP contribution is -2.15. The second-order valence-electron chi connectivity index (χ2n) is 4.55. The van der Waals surface area contributed by atoms with Crippen molar-refractivity contribution in [3.05, 3.63) is 23.0 Å². The molecule has 2 rings (SSSR count). The van der Waals surface area contributed by atoms with Gasteiger partial charge in [0.1, 0.15) is 0 Å². The van der Waals surface area contributed by atoms with Gasteiger partial charge in [-0.1, -0.05) is 31.4 Å². The first-order valence-electron chi connectivity index (χ1n) is 5.84. The number of hydrogen-bond donors (Lipinski definition) is 0. The Balaban J connectivity index is 1.80. The van der Waals surface area contributed by atoms with Crippen LogP contribution in [0.1, 0.15) is 38.3 Å². The number of nitrogens with zero attached hydrogens (tertiary/aromatic N) is 2. The average molecular weight is 257 g/mol. The van der Waals surface area contributed by atoms with E-state index >= 15 is 0 Å². The number of thioether (sulfide) groups is 1. The first-order valence-corrected chi connectivity index (χ1v) is 7.26. The van der Waals surface area contributed by atoms with E-state index in [1.807, 2.05) is 23.9 Å². The summed E-state index contributed by atoms with van der Waals surface area (Å²) >= 11 is 7.71. The van der Waals surface area contributed by atoms with Crippen molar-refractivity contribution >= 4 is 23.4 Å². The Morgan fingerprint density at radius 2 is 2.25 bits per heavy atom. The van der Waals surface area contributed by atoms with Crippen LogP contribution in [0, 0.1) is 5.92 Å².